The maximum Gasteiger partial charge on any atom is 0.135 e. The Morgan fingerprint density at radius 3 is 1.47 bits per heavy atom. The van der Waals surface area contributed by atoms with Crippen LogP contribution in [0.3, 0.4) is 0 Å². The molecular weight excluding hydrogens is 216 g/mol. The summed E-state index contributed by atoms with van der Waals surface area (Å²) in [7, 11) is 0. The van der Waals surface area contributed by atoms with Crippen LogP contribution in [0.4, 0.5) is 0 Å². The molecule has 0 aliphatic carbocycles. The first-order valence-corrected chi connectivity index (χ1v) is 6.16. The molecule has 0 aliphatic rings. The molecule has 0 aromatic rings. The van der Waals surface area contributed by atoms with Gasteiger partial charge in [0.1, 0.15) is 24.0 Å². The number of hydrogen-bond donors (Lipinski definition) is 0. The van der Waals surface area contributed by atoms with E-state index in [4.69, 9.17) is 14.2 Å². The fraction of sp³-hybridized carbons (Fsp3) is 0.714. The van der Waals surface area contributed by atoms with Crippen LogP contribution in [0.1, 0.15) is 41.5 Å². The minimum Gasteiger partial charge on any atom is -0.497 e. The Hall–Kier alpha value is -1.12. The third kappa shape index (κ3) is 11.1. The molecule has 0 fully saturated rings. The summed E-state index contributed by atoms with van der Waals surface area (Å²) in [5.74, 6) is 2.50. The van der Waals surface area contributed by atoms with Crippen molar-refractivity contribution in [2.24, 2.45) is 11.8 Å². The minimum absolute atomic E-state index is 0.519. The Kier molecular flexibility index (Phi) is 8.38. The number of rotatable bonds is 8. The van der Waals surface area contributed by atoms with E-state index in [1.54, 1.807) is 12.5 Å². The molecule has 100 valence electrons. The lowest BCUT2D eigenvalue weighted by Gasteiger charge is -2.09. The molecule has 0 atom stereocenters. The lowest BCUT2D eigenvalue weighted by molar-refractivity contribution is 0.173. The van der Waals surface area contributed by atoms with Crippen LogP contribution in [-0.4, -0.2) is 13.2 Å². The van der Waals surface area contributed by atoms with Gasteiger partial charge in [0.2, 0.25) is 0 Å². The number of hydrogen-bond acceptors (Lipinski definition) is 3. The maximum atomic E-state index is 5.49. The van der Waals surface area contributed by atoms with Crippen LogP contribution in [0, 0.1) is 11.8 Å². The fourth-order valence-electron chi connectivity index (χ4n) is 1.02. The molecule has 0 saturated carbocycles. The largest absolute Gasteiger partial charge is 0.497 e. The van der Waals surface area contributed by atoms with Gasteiger partial charge in [-0.15, -0.1) is 0 Å². The van der Waals surface area contributed by atoms with E-state index in [2.05, 4.69) is 27.7 Å². The SMILES string of the molecule is CC(=COCC(C)C)OC(C)=COCC(C)C. The lowest BCUT2D eigenvalue weighted by atomic mass is 10.2. The third-order valence-electron chi connectivity index (χ3n) is 1.68. The lowest BCUT2D eigenvalue weighted by Crippen LogP contribution is -1.99. The van der Waals surface area contributed by atoms with Crippen molar-refractivity contribution in [3.05, 3.63) is 24.0 Å². The molecule has 0 aromatic carbocycles. The molecule has 0 spiro atoms. The summed E-state index contributed by atoms with van der Waals surface area (Å²) in [4.78, 5) is 0. The van der Waals surface area contributed by atoms with E-state index >= 15 is 0 Å². The van der Waals surface area contributed by atoms with Crippen LogP contribution < -0.4 is 0 Å². The molecular formula is C14H26O3. The molecule has 0 radical (unpaired) electrons. The zero-order valence-corrected chi connectivity index (χ0v) is 11.9. The second kappa shape index (κ2) is 8.97. The quantitative estimate of drug-likeness (QED) is 0.600. The van der Waals surface area contributed by atoms with Gasteiger partial charge < -0.3 is 14.2 Å². The molecule has 0 heterocycles. The van der Waals surface area contributed by atoms with Gasteiger partial charge in [-0.25, -0.2) is 0 Å². The molecule has 0 rings (SSSR count). The standard InChI is InChI=1S/C14H26O3/c1-11(2)7-15-9-13(5)17-14(6)10-16-8-12(3)4/h9-12H,7-8H2,1-6H3. The second-order valence-corrected chi connectivity index (χ2v) is 5.01. The Morgan fingerprint density at radius 2 is 1.18 bits per heavy atom. The highest BCUT2D eigenvalue weighted by atomic mass is 16.5. The van der Waals surface area contributed by atoms with E-state index in [1.807, 2.05) is 13.8 Å². The summed E-state index contributed by atoms with van der Waals surface area (Å²) in [6.45, 7) is 13.6. The maximum absolute atomic E-state index is 5.49. The van der Waals surface area contributed by atoms with Crippen LogP contribution in [0.15, 0.2) is 24.0 Å². The van der Waals surface area contributed by atoms with E-state index in [-0.39, 0.29) is 0 Å². The molecule has 0 amide bonds. The first-order chi connectivity index (χ1) is 7.91. The van der Waals surface area contributed by atoms with Crippen LogP contribution >= 0.6 is 0 Å². The Morgan fingerprint density at radius 1 is 0.824 bits per heavy atom. The van der Waals surface area contributed by atoms with Crippen LogP contribution in [0.25, 0.3) is 0 Å². The molecule has 0 aromatic heterocycles. The first kappa shape index (κ1) is 15.9. The summed E-state index contributed by atoms with van der Waals surface area (Å²) < 4.78 is 16.2. The Balaban J connectivity index is 3.88. The smallest absolute Gasteiger partial charge is 0.135 e. The van der Waals surface area contributed by atoms with Crippen molar-refractivity contribution in [3.63, 3.8) is 0 Å². The van der Waals surface area contributed by atoms with Crippen molar-refractivity contribution in [2.75, 3.05) is 13.2 Å². The molecule has 0 N–H and O–H groups in total. The summed E-state index contributed by atoms with van der Waals surface area (Å²) in [5, 5.41) is 0. The van der Waals surface area contributed by atoms with Gasteiger partial charge in [-0.1, -0.05) is 27.7 Å². The normalized spacial score (nSPS) is 13.2. The van der Waals surface area contributed by atoms with Crippen molar-refractivity contribution in [1.82, 2.24) is 0 Å². The topological polar surface area (TPSA) is 27.7 Å². The van der Waals surface area contributed by atoms with Crippen LogP contribution in [-0.2, 0) is 14.2 Å². The third-order valence-corrected chi connectivity index (χ3v) is 1.68. The second-order valence-electron chi connectivity index (χ2n) is 5.01. The predicted molar refractivity (Wildman–Crippen MR) is 70.2 cm³/mol. The summed E-state index contributed by atoms with van der Waals surface area (Å²) >= 11 is 0. The highest BCUT2D eigenvalue weighted by Crippen LogP contribution is 2.07. The molecule has 0 bridgehead atoms. The van der Waals surface area contributed by atoms with Crippen molar-refractivity contribution in [3.8, 4) is 0 Å². The molecule has 3 heteroatoms. The van der Waals surface area contributed by atoms with Gasteiger partial charge in [-0.2, -0.15) is 0 Å². The van der Waals surface area contributed by atoms with Crippen LogP contribution in [0.5, 0.6) is 0 Å². The van der Waals surface area contributed by atoms with E-state index in [0.29, 0.717) is 25.0 Å². The van der Waals surface area contributed by atoms with E-state index in [9.17, 15) is 0 Å². The summed E-state index contributed by atoms with van der Waals surface area (Å²) in [6.07, 6.45) is 3.28. The van der Waals surface area contributed by atoms with E-state index < -0.39 is 0 Å². The minimum atomic E-state index is 0.519. The zero-order chi connectivity index (χ0) is 13.3. The molecule has 0 aliphatic heterocycles. The summed E-state index contributed by atoms with van der Waals surface area (Å²) in [5.41, 5.74) is 0. The highest BCUT2D eigenvalue weighted by molar-refractivity contribution is 4.92. The average molecular weight is 242 g/mol. The van der Waals surface area contributed by atoms with Gasteiger partial charge in [-0.05, 0) is 25.7 Å². The van der Waals surface area contributed by atoms with Crippen LogP contribution in [0.2, 0.25) is 0 Å². The Labute approximate surface area is 105 Å². The van der Waals surface area contributed by atoms with E-state index in [1.165, 1.54) is 0 Å². The van der Waals surface area contributed by atoms with Crippen molar-refractivity contribution in [2.45, 2.75) is 41.5 Å². The van der Waals surface area contributed by atoms with Gasteiger partial charge >= 0.3 is 0 Å². The Bertz CT molecular complexity index is 226. The van der Waals surface area contributed by atoms with Gasteiger partial charge in [0, 0.05) is 0 Å². The van der Waals surface area contributed by atoms with Crippen molar-refractivity contribution < 1.29 is 14.2 Å². The van der Waals surface area contributed by atoms with Crippen molar-refractivity contribution in [1.29, 1.82) is 0 Å². The molecule has 17 heavy (non-hydrogen) atoms. The fourth-order valence-corrected chi connectivity index (χ4v) is 1.02. The monoisotopic (exact) mass is 242 g/mol. The predicted octanol–water partition coefficient (Wildman–Crippen LogP) is 4.07. The molecule has 0 unspecified atom stereocenters. The van der Waals surface area contributed by atoms with E-state index in [0.717, 1.165) is 11.5 Å². The highest BCUT2D eigenvalue weighted by Gasteiger charge is 1.97. The van der Waals surface area contributed by atoms with Gasteiger partial charge in [0.25, 0.3) is 0 Å². The number of allylic oxidation sites excluding steroid dienone is 2. The van der Waals surface area contributed by atoms with Gasteiger partial charge in [0.15, 0.2) is 0 Å². The molecule has 0 saturated heterocycles. The average Bonchev–Trinajstić information content (AvgIpc) is 2.15. The zero-order valence-electron chi connectivity index (χ0n) is 11.9. The van der Waals surface area contributed by atoms with Gasteiger partial charge in [-0.3, -0.25) is 0 Å². The van der Waals surface area contributed by atoms with Gasteiger partial charge in [0.05, 0.1) is 13.2 Å². The first-order valence-electron chi connectivity index (χ1n) is 6.16. The summed E-state index contributed by atoms with van der Waals surface area (Å²) in [6, 6.07) is 0. The molecule has 3 nitrogen and oxygen atoms in total. The van der Waals surface area contributed by atoms with Crippen molar-refractivity contribution >= 4 is 0 Å². The number of ether oxygens (including phenoxy) is 3.